The van der Waals surface area contributed by atoms with Gasteiger partial charge in [0.05, 0.1) is 0 Å². The van der Waals surface area contributed by atoms with E-state index in [4.69, 9.17) is 0 Å². The molecule has 0 aliphatic rings. The molecule has 0 spiro atoms. The molecule has 2 heteroatoms. The molecule has 0 unspecified atom stereocenters. The fourth-order valence-corrected chi connectivity index (χ4v) is 3.69. The first-order valence-electron chi connectivity index (χ1n) is 9.72. The van der Waals surface area contributed by atoms with E-state index in [-0.39, 0.29) is 0 Å². The molecule has 0 amide bonds. The number of hydrogen-bond donors (Lipinski definition) is 1. The molecule has 0 saturated heterocycles. The molecular formula is C25H26N2. The number of rotatable bonds is 6. The Bertz CT molecular complexity index is 1020. The first-order valence-corrected chi connectivity index (χ1v) is 9.72. The number of nitrogens with zero attached hydrogens (tertiary/aromatic N) is 1. The van der Waals surface area contributed by atoms with Gasteiger partial charge in [0.25, 0.3) is 0 Å². The van der Waals surface area contributed by atoms with Gasteiger partial charge in [-0.25, -0.2) is 0 Å². The zero-order valence-electron chi connectivity index (χ0n) is 16.0. The quantitative estimate of drug-likeness (QED) is 0.437. The summed E-state index contributed by atoms with van der Waals surface area (Å²) in [7, 11) is 0. The maximum atomic E-state index is 3.65. The van der Waals surface area contributed by atoms with E-state index >= 15 is 0 Å². The lowest BCUT2D eigenvalue weighted by Crippen LogP contribution is -2.17. The van der Waals surface area contributed by atoms with Crippen molar-refractivity contribution < 1.29 is 0 Å². The molecule has 1 N–H and O–H groups in total. The zero-order chi connectivity index (χ0) is 18.6. The number of aromatic nitrogens is 1. The van der Waals surface area contributed by atoms with Gasteiger partial charge < -0.3 is 9.88 Å². The van der Waals surface area contributed by atoms with Crippen LogP contribution in [0.1, 0.15) is 31.0 Å². The number of aryl methyl sites for hydroxylation is 1. The number of benzene rings is 3. The molecule has 2 nitrogen and oxygen atoms in total. The van der Waals surface area contributed by atoms with Crippen LogP contribution >= 0.6 is 0 Å². The van der Waals surface area contributed by atoms with Gasteiger partial charge in [0.1, 0.15) is 0 Å². The van der Waals surface area contributed by atoms with Crippen LogP contribution in [0.4, 0.5) is 0 Å². The molecule has 0 bridgehead atoms. The topological polar surface area (TPSA) is 17.0 Å². The fourth-order valence-electron chi connectivity index (χ4n) is 3.69. The van der Waals surface area contributed by atoms with Gasteiger partial charge in [-0.15, -0.1) is 0 Å². The van der Waals surface area contributed by atoms with Crippen molar-refractivity contribution >= 4 is 10.9 Å². The summed E-state index contributed by atoms with van der Waals surface area (Å²) in [5.41, 5.74) is 6.52. The van der Waals surface area contributed by atoms with Gasteiger partial charge in [-0.3, -0.25) is 0 Å². The third-order valence-corrected chi connectivity index (χ3v) is 5.28. The summed E-state index contributed by atoms with van der Waals surface area (Å²) in [4.78, 5) is 0. The molecule has 1 atom stereocenters. The largest absolute Gasteiger partial charge is 0.347 e. The van der Waals surface area contributed by atoms with E-state index in [1.807, 2.05) is 0 Å². The molecule has 136 valence electrons. The average Bonchev–Trinajstić information content (AvgIpc) is 3.11. The Balaban J connectivity index is 1.63. The van der Waals surface area contributed by atoms with Crippen molar-refractivity contribution in [3.05, 3.63) is 96.2 Å². The van der Waals surface area contributed by atoms with E-state index in [1.54, 1.807) is 0 Å². The summed E-state index contributed by atoms with van der Waals surface area (Å²) in [5.74, 6) is 0. The van der Waals surface area contributed by atoms with Gasteiger partial charge >= 0.3 is 0 Å². The molecule has 0 radical (unpaired) electrons. The van der Waals surface area contributed by atoms with Crippen LogP contribution in [0.2, 0.25) is 0 Å². The standard InChI is InChI=1S/C25H26N2/c1-3-27-18-24(22-12-8-5-9-13-22)23-16-20(14-15-25(23)27)17-26-19(2)21-10-6-4-7-11-21/h4-16,18-19,26H,3,17H2,1-2H3/t19-/m1/s1. The van der Waals surface area contributed by atoms with Crippen LogP contribution in [0.5, 0.6) is 0 Å². The summed E-state index contributed by atoms with van der Waals surface area (Å²) in [6, 6.07) is 28.5. The minimum Gasteiger partial charge on any atom is -0.347 e. The van der Waals surface area contributed by atoms with E-state index in [0.29, 0.717) is 6.04 Å². The second-order valence-electron chi connectivity index (χ2n) is 7.06. The van der Waals surface area contributed by atoms with E-state index in [0.717, 1.165) is 13.1 Å². The van der Waals surface area contributed by atoms with E-state index in [9.17, 15) is 0 Å². The second-order valence-corrected chi connectivity index (χ2v) is 7.06. The Morgan fingerprint density at radius 1 is 0.889 bits per heavy atom. The van der Waals surface area contributed by atoms with Crippen molar-refractivity contribution in [3.8, 4) is 11.1 Å². The summed E-state index contributed by atoms with van der Waals surface area (Å²) in [6.07, 6.45) is 2.28. The van der Waals surface area contributed by atoms with Gasteiger partial charge in [0.15, 0.2) is 0 Å². The third-order valence-electron chi connectivity index (χ3n) is 5.28. The van der Waals surface area contributed by atoms with Gasteiger partial charge in [0.2, 0.25) is 0 Å². The number of hydrogen-bond acceptors (Lipinski definition) is 1. The highest BCUT2D eigenvalue weighted by Crippen LogP contribution is 2.31. The van der Waals surface area contributed by atoms with Crippen LogP contribution in [0.15, 0.2) is 85.1 Å². The predicted octanol–water partition coefficient (Wildman–Crippen LogP) is 6.18. The van der Waals surface area contributed by atoms with Crippen LogP contribution in [0.3, 0.4) is 0 Å². The highest BCUT2D eigenvalue weighted by atomic mass is 14.9. The minimum absolute atomic E-state index is 0.329. The molecule has 0 fully saturated rings. The van der Waals surface area contributed by atoms with E-state index < -0.39 is 0 Å². The third kappa shape index (κ3) is 3.67. The Hall–Kier alpha value is -2.84. The Morgan fingerprint density at radius 2 is 1.59 bits per heavy atom. The summed E-state index contributed by atoms with van der Waals surface area (Å²) >= 11 is 0. The molecule has 4 rings (SSSR count). The predicted molar refractivity (Wildman–Crippen MR) is 115 cm³/mol. The highest BCUT2D eigenvalue weighted by molar-refractivity contribution is 5.96. The van der Waals surface area contributed by atoms with Crippen molar-refractivity contribution in [2.45, 2.75) is 33.0 Å². The lowest BCUT2D eigenvalue weighted by molar-refractivity contribution is 0.575. The number of fused-ring (bicyclic) bond motifs is 1. The first-order chi connectivity index (χ1) is 13.3. The Kier molecular flexibility index (Phi) is 5.08. The number of nitrogens with one attached hydrogen (secondary N) is 1. The lowest BCUT2D eigenvalue weighted by Gasteiger charge is -2.14. The monoisotopic (exact) mass is 354 g/mol. The van der Waals surface area contributed by atoms with Crippen LogP contribution in [-0.2, 0) is 13.1 Å². The molecule has 1 aromatic heterocycles. The molecule has 1 heterocycles. The molecular weight excluding hydrogens is 328 g/mol. The van der Waals surface area contributed by atoms with Crippen LogP contribution in [0.25, 0.3) is 22.0 Å². The van der Waals surface area contributed by atoms with Gasteiger partial charge in [0, 0.05) is 41.8 Å². The SMILES string of the molecule is CCn1cc(-c2ccccc2)c2cc(CN[C@H](C)c3ccccc3)ccc21. The smallest absolute Gasteiger partial charge is 0.0486 e. The lowest BCUT2D eigenvalue weighted by atomic mass is 10.0. The van der Waals surface area contributed by atoms with E-state index in [2.05, 4.69) is 109 Å². The first kappa shape index (κ1) is 17.6. The highest BCUT2D eigenvalue weighted by Gasteiger charge is 2.11. The molecule has 3 aromatic carbocycles. The van der Waals surface area contributed by atoms with Crippen molar-refractivity contribution in [3.63, 3.8) is 0 Å². The minimum atomic E-state index is 0.329. The Morgan fingerprint density at radius 3 is 2.30 bits per heavy atom. The normalized spacial score (nSPS) is 12.4. The summed E-state index contributed by atoms with van der Waals surface area (Å²) in [6.45, 7) is 6.26. The zero-order valence-corrected chi connectivity index (χ0v) is 16.0. The fraction of sp³-hybridized carbons (Fsp3) is 0.200. The van der Waals surface area contributed by atoms with E-state index in [1.165, 1.54) is 33.2 Å². The molecule has 0 saturated carbocycles. The Labute approximate surface area is 161 Å². The van der Waals surface area contributed by atoms with Crippen molar-refractivity contribution in [1.29, 1.82) is 0 Å². The van der Waals surface area contributed by atoms with Crippen molar-refractivity contribution in [2.75, 3.05) is 0 Å². The molecule has 0 aliphatic carbocycles. The van der Waals surface area contributed by atoms with Crippen LogP contribution in [0, 0.1) is 0 Å². The summed E-state index contributed by atoms with van der Waals surface area (Å²) < 4.78 is 2.33. The average molecular weight is 354 g/mol. The van der Waals surface area contributed by atoms with Gasteiger partial charge in [-0.05, 0) is 42.7 Å². The van der Waals surface area contributed by atoms with Crippen LogP contribution < -0.4 is 5.32 Å². The second kappa shape index (κ2) is 7.81. The maximum Gasteiger partial charge on any atom is 0.0486 e. The van der Waals surface area contributed by atoms with Crippen molar-refractivity contribution in [1.82, 2.24) is 9.88 Å². The maximum absolute atomic E-state index is 3.65. The molecule has 0 aliphatic heterocycles. The molecule has 27 heavy (non-hydrogen) atoms. The van der Waals surface area contributed by atoms with Crippen LogP contribution in [-0.4, -0.2) is 4.57 Å². The van der Waals surface area contributed by atoms with Crippen molar-refractivity contribution in [2.24, 2.45) is 0 Å². The summed E-state index contributed by atoms with van der Waals surface area (Å²) in [5, 5.41) is 4.98. The van der Waals surface area contributed by atoms with Gasteiger partial charge in [-0.1, -0.05) is 66.7 Å². The molecule has 4 aromatic rings. The van der Waals surface area contributed by atoms with Gasteiger partial charge in [-0.2, -0.15) is 0 Å².